The number of nitrogens with two attached hydrogens (primary N) is 1. The fraction of sp³-hybridized carbons (Fsp3) is 0.200. The first-order valence-electron chi connectivity index (χ1n) is 6.53. The van der Waals surface area contributed by atoms with Crippen LogP contribution in [0.25, 0.3) is 0 Å². The molecule has 0 spiro atoms. The average molecular weight is 308 g/mol. The van der Waals surface area contributed by atoms with Crippen molar-refractivity contribution in [1.29, 1.82) is 0 Å². The highest BCUT2D eigenvalue weighted by Gasteiger charge is 2.23. The number of benzene rings is 2. The number of anilines is 1. The van der Waals surface area contributed by atoms with Crippen molar-refractivity contribution in [2.75, 3.05) is 12.3 Å². The molecule has 4 nitrogen and oxygen atoms in total. The highest BCUT2D eigenvalue weighted by molar-refractivity contribution is 7.89. The quantitative estimate of drug-likeness (QED) is 0.864. The lowest BCUT2D eigenvalue weighted by molar-refractivity contribution is 0.423. The summed E-state index contributed by atoms with van der Waals surface area (Å²) in [6.07, 6.45) is 0. The summed E-state index contributed by atoms with van der Waals surface area (Å²) in [5.74, 6) is -0.462. The standard InChI is InChI=1S/C15H17FN2O2S/c1-2-18(11-12-3-7-14(17)8-4-12)21(19,20)15-9-5-13(16)6-10-15/h3-10H,2,11,17H2,1H3. The third-order valence-corrected chi connectivity index (χ3v) is 5.08. The van der Waals surface area contributed by atoms with Crippen LogP contribution in [0.2, 0.25) is 0 Å². The van der Waals surface area contributed by atoms with Crippen molar-refractivity contribution in [1.82, 2.24) is 4.31 Å². The molecule has 0 aliphatic rings. The van der Waals surface area contributed by atoms with Gasteiger partial charge in [0.05, 0.1) is 4.90 Å². The minimum Gasteiger partial charge on any atom is -0.399 e. The maximum absolute atomic E-state index is 12.9. The summed E-state index contributed by atoms with van der Waals surface area (Å²) in [5.41, 5.74) is 7.09. The first-order valence-corrected chi connectivity index (χ1v) is 7.97. The molecule has 0 fully saturated rings. The fourth-order valence-corrected chi connectivity index (χ4v) is 3.39. The molecule has 0 unspecified atom stereocenters. The zero-order valence-corrected chi connectivity index (χ0v) is 12.5. The number of nitrogen functional groups attached to an aromatic ring is 1. The van der Waals surface area contributed by atoms with Gasteiger partial charge in [0.25, 0.3) is 0 Å². The van der Waals surface area contributed by atoms with Crippen LogP contribution in [-0.4, -0.2) is 19.3 Å². The highest BCUT2D eigenvalue weighted by Crippen LogP contribution is 2.19. The second kappa shape index (κ2) is 6.24. The van der Waals surface area contributed by atoms with Crippen molar-refractivity contribution in [3.63, 3.8) is 0 Å². The molecule has 0 saturated carbocycles. The molecule has 0 radical (unpaired) electrons. The van der Waals surface area contributed by atoms with Gasteiger partial charge >= 0.3 is 0 Å². The molecule has 2 aromatic carbocycles. The van der Waals surface area contributed by atoms with Crippen molar-refractivity contribution in [3.05, 3.63) is 59.9 Å². The SMILES string of the molecule is CCN(Cc1ccc(N)cc1)S(=O)(=O)c1ccc(F)cc1. The normalized spacial score (nSPS) is 11.8. The van der Waals surface area contributed by atoms with Crippen LogP contribution in [0.5, 0.6) is 0 Å². The average Bonchev–Trinajstić information content (AvgIpc) is 2.47. The van der Waals surface area contributed by atoms with Gasteiger partial charge in [-0.1, -0.05) is 19.1 Å². The number of hydrogen-bond acceptors (Lipinski definition) is 3. The minimum absolute atomic E-state index is 0.0844. The summed E-state index contributed by atoms with van der Waals surface area (Å²) in [5, 5.41) is 0. The molecule has 0 saturated heterocycles. The van der Waals surface area contributed by atoms with Crippen LogP contribution >= 0.6 is 0 Å². The Morgan fingerprint density at radius 1 is 1.05 bits per heavy atom. The molecule has 2 rings (SSSR count). The van der Waals surface area contributed by atoms with E-state index in [-0.39, 0.29) is 11.4 Å². The Hall–Kier alpha value is -1.92. The third-order valence-electron chi connectivity index (χ3n) is 3.14. The molecule has 112 valence electrons. The lowest BCUT2D eigenvalue weighted by Gasteiger charge is -2.20. The molecule has 0 aromatic heterocycles. The van der Waals surface area contributed by atoms with Crippen molar-refractivity contribution in [3.8, 4) is 0 Å². The van der Waals surface area contributed by atoms with Gasteiger partial charge < -0.3 is 5.73 Å². The summed E-state index contributed by atoms with van der Waals surface area (Å²) in [4.78, 5) is 0.0844. The first-order chi connectivity index (χ1) is 9.93. The van der Waals surface area contributed by atoms with E-state index in [1.54, 1.807) is 31.2 Å². The number of hydrogen-bond donors (Lipinski definition) is 1. The Morgan fingerprint density at radius 3 is 2.14 bits per heavy atom. The number of sulfonamides is 1. The van der Waals surface area contributed by atoms with E-state index < -0.39 is 15.8 Å². The Balaban J connectivity index is 2.27. The summed E-state index contributed by atoms with van der Waals surface area (Å²) < 4.78 is 39.3. The van der Waals surface area contributed by atoms with E-state index in [0.717, 1.165) is 17.7 Å². The van der Waals surface area contributed by atoms with E-state index >= 15 is 0 Å². The molecular weight excluding hydrogens is 291 g/mol. The van der Waals surface area contributed by atoms with E-state index in [9.17, 15) is 12.8 Å². The van der Waals surface area contributed by atoms with E-state index in [4.69, 9.17) is 5.73 Å². The van der Waals surface area contributed by atoms with Gasteiger partial charge in [-0.05, 0) is 42.0 Å². The highest BCUT2D eigenvalue weighted by atomic mass is 32.2. The topological polar surface area (TPSA) is 63.4 Å². The number of halogens is 1. The van der Waals surface area contributed by atoms with Gasteiger partial charge in [0.2, 0.25) is 10.0 Å². The van der Waals surface area contributed by atoms with Crippen molar-refractivity contribution < 1.29 is 12.8 Å². The summed E-state index contributed by atoms with van der Waals surface area (Å²) in [6.45, 7) is 2.33. The predicted molar refractivity (Wildman–Crippen MR) is 80.5 cm³/mol. The molecule has 6 heteroatoms. The maximum atomic E-state index is 12.9. The Labute approximate surface area is 124 Å². The third kappa shape index (κ3) is 3.59. The van der Waals surface area contributed by atoms with Crippen LogP contribution in [-0.2, 0) is 16.6 Å². The van der Waals surface area contributed by atoms with Crippen molar-refractivity contribution in [2.45, 2.75) is 18.4 Å². The number of nitrogens with zero attached hydrogens (tertiary/aromatic N) is 1. The lowest BCUT2D eigenvalue weighted by Crippen LogP contribution is -2.30. The predicted octanol–water partition coefficient (Wildman–Crippen LogP) is 2.62. The van der Waals surface area contributed by atoms with Gasteiger partial charge in [-0.15, -0.1) is 0 Å². The van der Waals surface area contributed by atoms with Crippen LogP contribution < -0.4 is 5.73 Å². The zero-order valence-electron chi connectivity index (χ0n) is 11.7. The zero-order chi connectivity index (χ0) is 15.5. The van der Waals surface area contributed by atoms with Gasteiger partial charge in [-0.2, -0.15) is 4.31 Å². The molecule has 0 bridgehead atoms. The van der Waals surface area contributed by atoms with Crippen LogP contribution in [0.15, 0.2) is 53.4 Å². The van der Waals surface area contributed by atoms with Gasteiger partial charge in [0.15, 0.2) is 0 Å². The second-order valence-electron chi connectivity index (χ2n) is 4.63. The smallest absolute Gasteiger partial charge is 0.243 e. The monoisotopic (exact) mass is 308 g/mol. The van der Waals surface area contributed by atoms with E-state index in [1.165, 1.54) is 16.4 Å². The summed E-state index contributed by atoms with van der Waals surface area (Å²) >= 11 is 0. The summed E-state index contributed by atoms with van der Waals surface area (Å²) in [7, 11) is -3.64. The second-order valence-corrected chi connectivity index (χ2v) is 6.56. The minimum atomic E-state index is -3.64. The van der Waals surface area contributed by atoms with E-state index in [2.05, 4.69) is 0 Å². The van der Waals surface area contributed by atoms with E-state index in [0.29, 0.717) is 12.2 Å². The van der Waals surface area contributed by atoms with Gasteiger partial charge in [0.1, 0.15) is 5.82 Å². The van der Waals surface area contributed by atoms with Gasteiger partial charge in [-0.3, -0.25) is 0 Å². The van der Waals surface area contributed by atoms with Crippen LogP contribution in [0.3, 0.4) is 0 Å². The Kier molecular flexibility index (Phi) is 4.59. The van der Waals surface area contributed by atoms with Crippen LogP contribution in [0, 0.1) is 5.82 Å². The molecule has 2 aromatic rings. The molecule has 21 heavy (non-hydrogen) atoms. The van der Waals surface area contributed by atoms with Crippen LogP contribution in [0.4, 0.5) is 10.1 Å². The number of rotatable bonds is 5. The summed E-state index contributed by atoms with van der Waals surface area (Å²) in [6, 6.07) is 11.9. The van der Waals surface area contributed by atoms with Crippen molar-refractivity contribution >= 4 is 15.7 Å². The first kappa shape index (κ1) is 15.5. The Bertz CT molecular complexity index is 697. The molecular formula is C15H17FN2O2S. The van der Waals surface area contributed by atoms with E-state index in [1.807, 2.05) is 0 Å². The van der Waals surface area contributed by atoms with Gasteiger partial charge in [0, 0.05) is 18.8 Å². The largest absolute Gasteiger partial charge is 0.399 e. The van der Waals surface area contributed by atoms with Gasteiger partial charge in [-0.25, -0.2) is 12.8 Å². The molecule has 0 heterocycles. The molecule has 0 atom stereocenters. The fourth-order valence-electron chi connectivity index (χ4n) is 1.95. The lowest BCUT2D eigenvalue weighted by atomic mass is 10.2. The Morgan fingerprint density at radius 2 is 1.62 bits per heavy atom. The molecule has 0 amide bonds. The molecule has 2 N–H and O–H groups in total. The van der Waals surface area contributed by atoms with Crippen molar-refractivity contribution in [2.24, 2.45) is 0 Å². The van der Waals surface area contributed by atoms with Crippen LogP contribution in [0.1, 0.15) is 12.5 Å². The molecule has 0 aliphatic carbocycles. The maximum Gasteiger partial charge on any atom is 0.243 e. The molecule has 0 aliphatic heterocycles.